The zero-order valence-electron chi connectivity index (χ0n) is 38.8. The average Bonchev–Trinajstić information content (AvgIpc) is 3.23. The molecule has 0 saturated carbocycles. The van der Waals surface area contributed by atoms with Gasteiger partial charge in [-0.05, 0) is 83.5 Å². The number of carbonyl (C=O) groups excluding carboxylic acids is 3. The summed E-state index contributed by atoms with van der Waals surface area (Å²) in [5.41, 5.74) is 0. The van der Waals surface area contributed by atoms with Crippen LogP contribution in [0.15, 0.2) is 60.8 Å². The highest BCUT2D eigenvalue weighted by Crippen LogP contribution is 2.14. The van der Waals surface area contributed by atoms with E-state index in [1.54, 1.807) is 0 Å². The molecule has 0 amide bonds. The Morgan fingerprint density at radius 3 is 1.08 bits per heavy atom. The third-order valence-electron chi connectivity index (χ3n) is 10.5. The second kappa shape index (κ2) is 47.8. The number of carbonyl (C=O) groups is 3. The molecule has 0 aromatic heterocycles. The van der Waals surface area contributed by atoms with E-state index in [0.717, 1.165) is 70.6 Å². The van der Waals surface area contributed by atoms with Crippen LogP contribution in [0.5, 0.6) is 0 Å². The fraction of sp³-hybridized carbons (Fsp3) is 0.755. The first-order valence-electron chi connectivity index (χ1n) is 24.8. The van der Waals surface area contributed by atoms with Gasteiger partial charge < -0.3 is 14.2 Å². The Balaban J connectivity index is 4.45. The molecule has 6 heteroatoms. The van der Waals surface area contributed by atoms with E-state index >= 15 is 0 Å². The maximum atomic E-state index is 12.7. The molecule has 0 aliphatic heterocycles. The number of allylic oxidation sites excluding steroid dienone is 10. The van der Waals surface area contributed by atoms with Gasteiger partial charge >= 0.3 is 17.9 Å². The smallest absolute Gasteiger partial charge is 0.306 e. The second-order valence-electron chi connectivity index (χ2n) is 16.4. The normalized spacial score (nSPS) is 12.5. The van der Waals surface area contributed by atoms with Crippen molar-refractivity contribution in [3.05, 3.63) is 60.8 Å². The minimum Gasteiger partial charge on any atom is -0.462 e. The van der Waals surface area contributed by atoms with Crippen molar-refractivity contribution < 1.29 is 28.6 Å². The quantitative estimate of drug-likeness (QED) is 0.0263. The molecular formula is C53H92O6. The molecule has 0 bridgehead atoms. The monoisotopic (exact) mass is 825 g/mol. The largest absolute Gasteiger partial charge is 0.462 e. The lowest BCUT2D eigenvalue weighted by atomic mass is 10.1. The van der Waals surface area contributed by atoms with Crippen LogP contribution in [0, 0.1) is 0 Å². The van der Waals surface area contributed by atoms with Crippen LogP contribution >= 0.6 is 0 Å². The summed E-state index contributed by atoms with van der Waals surface area (Å²) in [5, 5.41) is 0. The van der Waals surface area contributed by atoms with E-state index in [2.05, 4.69) is 81.5 Å². The fourth-order valence-electron chi connectivity index (χ4n) is 6.72. The number of ether oxygens (including phenoxy) is 3. The summed E-state index contributed by atoms with van der Waals surface area (Å²) < 4.78 is 16.7. The Hall–Kier alpha value is -2.89. The van der Waals surface area contributed by atoms with Gasteiger partial charge in [-0.2, -0.15) is 0 Å². The van der Waals surface area contributed by atoms with E-state index in [0.29, 0.717) is 19.3 Å². The SMILES string of the molecule is CCCCC/C=C\C/C=C\C/C=C\C/C=C\CCCC(=O)OC[C@H](COC(=O)CCCCCCC/C=C\CCCCCC)OC(=O)CCCCCCCCCCCCC. The van der Waals surface area contributed by atoms with Crippen LogP contribution in [0.25, 0.3) is 0 Å². The lowest BCUT2D eigenvalue weighted by Crippen LogP contribution is -2.30. The van der Waals surface area contributed by atoms with Crippen LogP contribution in [0.1, 0.15) is 239 Å². The molecule has 0 unspecified atom stereocenters. The molecule has 0 aromatic carbocycles. The predicted octanol–water partition coefficient (Wildman–Crippen LogP) is 16.1. The van der Waals surface area contributed by atoms with E-state index in [1.165, 1.54) is 122 Å². The number of hydrogen-bond donors (Lipinski definition) is 0. The highest BCUT2D eigenvalue weighted by molar-refractivity contribution is 5.71. The molecule has 0 N–H and O–H groups in total. The van der Waals surface area contributed by atoms with E-state index in [1.807, 2.05) is 0 Å². The minimum absolute atomic E-state index is 0.0941. The Morgan fingerprint density at radius 2 is 0.627 bits per heavy atom. The first kappa shape index (κ1) is 56.1. The van der Waals surface area contributed by atoms with Gasteiger partial charge in [-0.1, -0.05) is 197 Å². The van der Waals surface area contributed by atoms with Gasteiger partial charge in [0.1, 0.15) is 13.2 Å². The Morgan fingerprint density at radius 1 is 0.339 bits per heavy atom. The van der Waals surface area contributed by atoms with E-state index in [-0.39, 0.29) is 37.5 Å². The maximum absolute atomic E-state index is 12.7. The van der Waals surface area contributed by atoms with Crippen LogP contribution in [-0.4, -0.2) is 37.2 Å². The molecule has 0 aliphatic rings. The van der Waals surface area contributed by atoms with Gasteiger partial charge in [0.15, 0.2) is 6.10 Å². The molecular weight excluding hydrogens is 733 g/mol. The van der Waals surface area contributed by atoms with Crippen molar-refractivity contribution in [2.75, 3.05) is 13.2 Å². The van der Waals surface area contributed by atoms with Gasteiger partial charge in [-0.25, -0.2) is 0 Å². The van der Waals surface area contributed by atoms with Crippen LogP contribution < -0.4 is 0 Å². The Bertz CT molecular complexity index is 1090. The van der Waals surface area contributed by atoms with E-state index in [9.17, 15) is 14.4 Å². The van der Waals surface area contributed by atoms with Gasteiger partial charge in [0.25, 0.3) is 0 Å². The molecule has 0 fully saturated rings. The first-order valence-corrected chi connectivity index (χ1v) is 24.8. The van der Waals surface area contributed by atoms with Gasteiger partial charge in [0.05, 0.1) is 0 Å². The van der Waals surface area contributed by atoms with Crippen molar-refractivity contribution in [3.8, 4) is 0 Å². The van der Waals surface area contributed by atoms with E-state index < -0.39 is 6.10 Å². The highest BCUT2D eigenvalue weighted by atomic mass is 16.6. The van der Waals surface area contributed by atoms with Gasteiger partial charge in [-0.15, -0.1) is 0 Å². The standard InChI is InChI=1S/C53H92O6/c1-4-7-10-13-16-19-22-24-25-26-27-29-32-34-37-40-43-46-52(55)58-49-50(59-53(56)47-44-41-38-35-30-21-18-15-12-9-6-3)48-57-51(54)45-42-39-36-33-31-28-23-20-17-14-11-8-5-2/h16,19-20,23-25,27,29,34,37,50H,4-15,17-18,21-22,26,28,30-33,35-36,38-49H2,1-3H3/b19-16-,23-20-,25-24-,29-27-,37-34-/t50-/m0/s1. The molecule has 0 saturated heterocycles. The van der Waals surface area contributed by atoms with Crippen molar-refractivity contribution in [1.82, 2.24) is 0 Å². The summed E-state index contributed by atoms with van der Waals surface area (Å²) in [7, 11) is 0. The Kier molecular flexibility index (Phi) is 45.4. The maximum Gasteiger partial charge on any atom is 0.306 e. The lowest BCUT2D eigenvalue weighted by molar-refractivity contribution is -0.167. The van der Waals surface area contributed by atoms with Crippen LogP contribution in [-0.2, 0) is 28.6 Å². The van der Waals surface area contributed by atoms with Gasteiger partial charge in [-0.3, -0.25) is 14.4 Å². The molecule has 59 heavy (non-hydrogen) atoms. The molecule has 340 valence electrons. The molecule has 6 nitrogen and oxygen atoms in total. The molecule has 0 radical (unpaired) electrons. The molecule has 0 rings (SSSR count). The van der Waals surface area contributed by atoms with Crippen molar-refractivity contribution in [2.24, 2.45) is 0 Å². The summed E-state index contributed by atoms with van der Waals surface area (Å²) in [6, 6.07) is 0. The third kappa shape index (κ3) is 46.0. The summed E-state index contributed by atoms with van der Waals surface area (Å²) in [5.74, 6) is -0.959. The van der Waals surface area contributed by atoms with Crippen molar-refractivity contribution >= 4 is 17.9 Å². The van der Waals surface area contributed by atoms with Gasteiger partial charge in [0.2, 0.25) is 0 Å². The fourth-order valence-corrected chi connectivity index (χ4v) is 6.72. The van der Waals surface area contributed by atoms with Crippen LogP contribution in [0.4, 0.5) is 0 Å². The second-order valence-corrected chi connectivity index (χ2v) is 16.4. The number of unbranched alkanes of at least 4 members (excludes halogenated alkanes) is 23. The zero-order valence-corrected chi connectivity index (χ0v) is 38.8. The topological polar surface area (TPSA) is 78.9 Å². The minimum atomic E-state index is -0.795. The van der Waals surface area contributed by atoms with Crippen LogP contribution in [0.2, 0.25) is 0 Å². The summed E-state index contributed by atoms with van der Waals surface area (Å²) in [6.07, 6.45) is 57.7. The summed E-state index contributed by atoms with van der Waals surface area (Å²) >= 11 is 0. The first-order chi connectivity index (χ1) is 29.0. The van der Waals surface area contributed by atoms with Crippen molar-refractivity contribution in [1.29, 1.82) is 0 Å². The van der Waals surface area contributed by atoms with Crippen molar-refractivity contribution in [2.45, 2.75) is 245 Å². The molecule has 0 aliphatic carbocycles. The summed E-state index contributed by atoms with van der Waals surface area (Å²) in [4.78, 5) is 37.8. The molecule has 0 heterocycles. The molecule has 1 atom stereocenters. The molecule has 0 aromatic rings. The number of hydrogen-bond acceptors (Lipinski definition) is 6. The predicted molar refractivity (Wildman–Crippen MR) is 251 cm³/mol. The van der Waals surface area contributed by atoms with Gasteiger partial charge in [0, 0.05) is 19.3 Å². The molecule has 0 spiro atoms. The van der Waals surface area contributed by atoms with Crippen molar-refractivity contribution in [3.63, 3.8) is 0 Å². The number of esters is 3. The third-order valence-corrected chi connectivity index (χ3v) is 10.5. The number of rotatable bonds is 44. The average molecular weight is 825 g/mol. The van der Waals surface area contributed by atoms with Crippen LogP contribution in [0.3, 0.4) is 0 Å². The Labute approximate surface area is 364 Å². The highest BCUT2D eigenvalue weighted by Gasteiger charge is 2.19. The summed E-state index contributed by atoms with van der Waals surface area (Å²) in [6.45, 7) is 6.53. The lowest BCUT2D eigenvalue weighted by Gasteiger charge is -2.18. The zero-order chi connectivity index (χ0) is 43.0. The van der Waals surface area contributed by atoms with E-state index in [4.69, 9.17) is 14.2 Å².